The van der Waals surface area contributed by atoms with Gasteiger partial charge in [-0.1, -0.05) is 45.1 Å². The minimum atomic E-state index is 0.573. The Morgan fingerprint density at radius 2 is 1.60 bits per heavy atom. The van der Waals surface area contributed by atoms with Gasteiger partial charge in [-0.2, -0.15) is 0 Å². The van der Waals surface area contributed by atoms with Gasteiger partial charge in [0.15, 0.2) is 0 Å². The summed E-state index contributed by atoms with van der Waals surface area (Å²) in [5.74, 6) is 2.67. The first-order chi connectivity index (χ1) is 7.02. The molecule has 0 spiro atoms. The van der Waals surface area contributed by atoms with E-state index in [1.54, 1.807) is 0 Å². The Morgan fingerprint density at radius 1 is 0.933 bits per heavy atom. The maximum absolute atomic E-state index is 2.53. The van der Waals surface area contributed by atoms with Gasteiger partial charge in [-0.15, -0.1) is 0 Å². The van der Waals surface area contributed by atoms with E-state index in [0.717, 1.165) is 17.8 Å². The van der Waals surface area contributed by atoms with Gasteiger partial charge < -0.3 is 0 Å². The van der Waals surface area contributed by atoms with Gasteiger partial charge in [0.1, 0.15) is 0 Å². The van der Waals surface area contributed by atoms with Crippen molar-refractivity contribution in [3.8, 4) is 0 Å². The van der Waals surface area contributed by atoms with Crippen molar-refractivity contribution in [1.82, 2.24) is 0 Å². The zero-order valence-electron chi connectivity index (χ0n) is 10.2. The Morgan fingerprint density at radius 3 is 2.07 bits per heavy atom. The summed E-state index contributed by atoms with van der Waals surface area (Å²) in [7, 11) is 0. The SMILES string of the molecule is CC1(C)CC2CC1C[C@@]2(C)C1C=CC=C1. The molecule has 0 aromatic heterocycles. The normalized spacial score (nSPS) is 46.9. The summed E-state index contributed by atoms with van der Waals surface area (Å²) in [6.07, 6.45) is 13.7. The summed E-state index contributed by atoms with van der Waals surface area (Å²) in [6.45, 7) is 7.46. The van der Waals surface area contributed by atoms with E-state index in [-0.39, 0.29) is 0 Å². The van der Waals surface area contributed by atoms with Crippen molar-refractivity contribution in [2.24, 2.45) is 28.6 Å². The van der Waals surface area contributed by atoms with Crippen LogP contribution in [-0.2, 0) is 0 Å². The molecule has 3 aliphatic carbocycles. The van der Waals surface area contributed by atoms with E-state index in [4.69, 9.17) is 0 Å². The lowest BCUT2D eigenvalue weighted by Crippen LogP contribution is -2.35. The van der Waals surface area contributed by atoms with Crippen LogP contribution in [-0.4, -0.2) is 0 Å². The minimum absolute atomic E-state index is 0.573. The predicted molar refractivity (Wildman–Crippen MR) is 64.5 cm³/mol. The molecule has 3 aliphatic rings. The second-order valence-electron chi connectivity index (χ2n) is 6.83. The zero-order valence-corrected chi connectivity index (χ0v) is 10.2. The average Bonchev–Trinajstić information content (AvgIpc) is 2.77. The molecule has 2 unspecified atom stereocenters. The molecule has 0 heteroatoms. The van der Waals surface area contributed by atoms with Crippen LogP contribution in [0.2, 0.25) is 0 Å². The maximum Gasteiger partial charge on any atom is 0.000939 e. The molecule has 0 aliphatic heterocycles. The first-order valence-electron chi connectivity index (χ1n) is 6.37. The van der Waals surface area contributed by atoms with E-state index in [1.165, 1.54) is 19.3 Å². The predicted octanol–water partition coefficient (Wildman–Crippen LogP) is 4.19. The lowest BCUT2D eigenvalue weighted by molar-refractivity contribution is 0.0808. The van der Waals surface area contributed by atoms with E-state index >= 15 is 0 Å². The fourth-order valence-corrected chi connectivity index (χ4v) is 4.39. The molecule has 2 fully saturated rings. The van der Waals surface area contributed by atoms with Gasteiger partial charge in [0.25, 0.3) is 0 Å². The van der Waals surface area contributed by atoms with E-state index < -0.39 is 0 Å². The van der Waals surface area contributed by atoms with Crippen LogP contribution in [0.5, 0.6) is 0 Å². The quantitative estimate of drug-likeness (QED) is 0.598. The molecule has 3 rings (SSSR count). The molecule has 0 heterocycles. The van der Waals surface area contributed by atoms with E-state index in [2.05, 4.69) is 45.1 Å². The molecule has 0 aromatic rings. The topological polar surface area (TPSA) is 0 Å². The molecular weight excluding hydrogens is 180 g/mol. The molecule has 0 N–H and O–H groups in total. The highest BCUT2D eigenvalue weighted by molar-refractivity contribution is 5.24. The van der Waals surface area contributed by atoms with Gasteiger partial charge in [-0.3, -0.25) is 0 Å². The van der Waals surface area contributed by atoms with Gasteiger partial charge in [0.2, 0.25) is 0 Å². The second kappa shape index (κ2) is 2.78. The third-order valence-corrected chi connectivity index (χ3v) is 5.58. The Labute approximate surface area is 93.5 Å². The highest BCUT2D eigenvalue weighted by atomic mass is 14.6. The lowest BCUT2D eigenvalue weighted by atomic mass is 9.61. The minimum Gasteiger partial charge on any atom is -0.0771 e. The van der Waals surface area contributed by atoms with Crippen molar-refractivity contribution in [3.05, 3.63) is 24.3 Å². The number of hydrogen-bond donors (Lipinski definition) is 0. The fourth-order valence-electron chi connectivity index (χ4n) is 4.39. The number of allylic oxidation sites excluding steroid dienone is 4. The van der Waals surface area contributed by atoms with E-state index in [0.29, 0.717) is 10.8 Å². The standard InChI is InChI=1S/C15H22/c1-14(2)9-13-8-12(14)10-15(13,3)11-6-4-5-7-11/h4-7,11-13H,8-10H2,1-3H3/t12?,13?,15-/m0/s1. The van der Waals surface area contributed by atoms with Gasteiger partial charge in [-0.05, 0) is 41.9 Å². The Hall–Kier alpha value is -0.520. The summed E-state index contributed by atoms with van der Waals surface area (Å²) in [4.78, 5) is 0. The van der Waals surface area contributed by atoms with Crippen molar-refractivity contribution < 1.29 is 0 Å². The molecular formula is C15H22. The molecule has 0 saturated heterocycles. The lowest BCUT2D eigenvalue weighted by Gasteiger charge is -2.43. The summed E-state index contributed by atoms with van der Waals surface area (Å²) in [6, 6.07) is 0. The van der Waals surface area contributed by atoms with Gasteiger partial charge >= 0.3 is 0 Å². The Bertz CT molecular complexity index is 322. The van der Waals surface area contributed by atoms with Crippen LogP contribution in [0, 0.1) is 28.6 Å². The molecule has 15 heavy (non-hydrogen) atoms. The van der Waals surface area contributed by atoms with Crippen LogP contribution in [0.3, 0.4) is 0 Å². The molecule has 2 saturated carbocycles. The summed E-state index contributed by atoms with van der Waals surface area (Å²) in [5, 5.41) is 0. The van der Waals surface area contributed by atoms with Crippen LogP contribution in [0.25, 0.3) is 0 Å². The summed E-state index contributed by atoms with van der Waals surface area (Å²) < 4.78 is 0. The molecule has 0 aromatic carbocycles. The number of fused-ring (bicyclic) bond motifs is 2. The average molecular weight is 202 g/mol. The van der Waals surface area contributed by atoms with Crippen LogP contribution in [0.1, 0.15) is 40.0 Å². The number of rotatable bonds is 1. The smallest absolute Gasteiger partial charge is 0.000939 e. The first-order valence-corrected chi connectivity index (χ1v) is 6.37. The second-order valence-corrected chi connectivity index (χ2v) is 6.83. The molecule has 0 amide bonds. The Balaban J connectivity index is 1.87. The molecule has 82 valence electrons. The van der Waals surface area contributed by atoms with Crippen LogP contribution < -0.4 is 0 Å². The molecule has 0 radical (unpaired) electrons. The van der Waals surface area contributed by atoms with Gasteiger partial charge in [0, 0.05) is 5.92 Å². The number of hydrogen-bond acceptors (Lipinski definition) is 0. The van der Waals surface area contributed by atoms with Crippen molar-refractivity contribution in [2.45, 2.75) is 40.0 Å². The monoisotopic (exact) mass is 202 g/mol. The summed E-state index contributed by atoms with van der Waals surface area (Å²) >= 11 is 0. The first kappa shape index (κ1) is 9.69. The third kappa shape index (κ3) is 1.20. The van der Waals surface area contributed by atoms with Crippen molar-refractivity contribution in [2.75, 3.05) is 0 Å². The Kier molecular flexibility index (Phi) is 1.80. The largest absolute Gasteiger partial charge is 0.0771 e. The van der Waals surface area contributed by atoms with Crippen molar-refractivity contribution in [3.63, 3.8) is 0 Å². The fraction of sp³-hybridized carbons (Fsp3) is 0.733. The van der Waals surface area contributed by atoms with Crippen molar-refractivity contribution >= 4 is 0 Å². The summed E-state index contributed by atoms with van der Waals surface area (Å²) in [5.41, 5.74) is 1.19. The van der Waals surface area contributed by atoms with Crippen LogP contribution in [0.15, 0.2) is 24.3 Å². The van der Waals surface area contributed by atoms with Gasteiger partial charge in [0.05, 0.1) is 0 Å². The van der Waals surface area contributed by atoms with E-state index in [1.807, 2.05) is 0 Å². The highest BCUT2D eigenvalue weighted by Gasteiger charge is 2.57. The molecule has 3 atom stereocenters. The molecule has 2 bridgehead atoms. The van der Waals surface area contributed by atoms with Crippen LogP contribution in [0.4, 0.5) is 0 Å². The van der Waals surface area contributed by atoms with Crippen LogP contribution >= 0.6 is 0 Å². The zero-order chi connectivity index (χ0) is 10.7. The molecule has 0 nitrogen and oxygen atoms in total. The van der Waals surface area contributed by atoms with Crippen molar-refractivity contribution in [1.29, 1.82) is 0 Å². The van der Waals surface area contributed by atoms with E-state index in [9.17, 15) is 0 Å². The third-order valence-electron chi connectivity index (χ3n) is 5.58. The maximum atomic E-state index is 2.53. The van der Waals surface area contributed by atoms with Gasteiger partial charge in [-0.25, -0.2) is 0 Å². The highest BCUT2D eigenvalue weighted by Crippen LogP contribution is 2.66.